The molecule has 3 aromatic heterocycles. The van der Waals surface area contributed by atoms with Crippen LogP contribution < -0.4 is 10.1 Å². The predicted octanol–water partition coefficient (Wildman–Crippen LogP) is 2.37. The molecule has 0 saturated carbocycles. The van der Waals surface area contributed by atoms with Crippen molar-refractivity contribution in [1.82, 2.24) is 25.3 Å². The highest BCUT2D eigenvalue weighted by molar-refractivity contribution is 7.13. The maximum atomic E-state index is 12.3. The zero-order chi connectivity index (χ0) is 17.5. The van der Waals surface area contributed by atoms with E-state index in [1.54, 1.807) is 36.8 Å². The molecule has 3 rings (SSSR count). The van der Waals surface area contributed by atoms with E-state index in [0.29, 0.717) is 36.8 Å². The highest BCUT2D eigenvalue weighted by Gasteiger charge is 2.13. The van der Waals surface area contributed by atoms with Crippen molar-refractivity contribution in [2.45, 2.75) is 13.3 Å². The molecular formula is C17H17N5O2S. The summed E-state index contributed by atoms with van der Waals surface area (Å²) >= 11 is 1.49. The number of nitrogens with zero attached hydrogens (tertiary/aromatic N) is 4. The van der Waals surface area contributed by atoms with Crippen LogP contribution in [0.25, 0.3) is 10.8 Å². The van der Waals surface area contributed by atoms with Crippen LogP contribution in [0.2, 0.25) is 0 Å². The Balaban J connectivity index is 1.57. The molecule has 1 amide bonds. The molecule has 3 heterocycles. The lowest BCUT2D eigenvalue weighted by Crippen LogP contribution is -2.26. The molecule has 128 valence electrons. The van der Waals surface area contributed by atoms with Crippen molar-refractivity contribution in [2.24, 2.45) is 0 Å². The van der Waals surface area contributed by atoms with Crippen molar-refractivity contribution in [3.05, 3.63) is 53.4 Å². The Bertz CT molecular complexity index is 838. The van der Waals surface area contributed by atoms with E-state index in [4.69, 9.17) is 4.74 Å². The van der Waals surface area contributed by atoms with Gasteiger partial charge in [0.1, 0.15) is 5.56 Å². The van der Waals surface area contributed by atoms with Crippen molar-refractivity contribution in [3.8, 4) is 16.7 Å². The second kappa shape index (κ2) is 8.29. The van der Waals surface area contributed by atoms with Crippen LogP contribution in [-0.4, -0.2) is 39.0 Å². The van der Waals surface area contributed by atoms with Crippen LogP contribution in [0.15, 0.2) is 42.2 Å². The van der Waals surface area contributed by atoms with Gasteiger partial charge in [-0.2, -0.15) is 0 Å². The van der Waals surface area contributed by atoms with Crippen molar-refractivity contribution in [1.29, 1.82) is 0 Å². The minimum atomic E-state index is -0.210. The fourth-order valence-corrected chi connectivity index (χ4v) is 2.95. The largest absolute Gasteiger partial charge is 0.477 e. The Morgan fingerprint density at radius 3 is 2.80 bits per heavy atom. The summed E-state index contributed by atoms with van der Waals surface area (Å²) < 4.78 is 5.38. The summed E-state index contributed by atoms with van der Waals surface area (Å²) in [4.78, 5) is 29.2. The highest BCUT2D eigenvalue weighted by Crippen LogP contribution is 2.19. The SMILES string of the molecule is CCOc1ncccc1C(=O)NCCc1csc(-c2ncccn2)n1. The molecule has 0 saturated heterocycles. The van der Waals surface area contributed by atoms with E-state index in [9.17, 15) is 4.79 Å². The third kappa shape index (κ3) is 4.36. The first-order valence-electron chi connectivity index (χ1n) is 7.85. The molecule has 0 bridgehead atoms. The summed E-state index contributed by atoms with van der Waals surface area (Å²) in [5, 5.41) is 5.59. The minimum Gasteiger partial charge on any atom is -0.477 e. The molecule has 0 atom stereocenters. The fourth-order valence-electron chi connectivity index (χ4n) is 2.15. The zero-order valence-corrected chi connectivity index (χ0v) is 14.5. The van der Waals surface area contributed by atoms with Gasteiger partial charge in [0.05, 0.1) is 12.3 Å². The topological polar surface area (TPSA) is 89.9 Å². The number of hydrogen-bond acceptors (Lipinski definition) is 7. The number of pyridine rings is 1. The Kier molecular flexibility index (Phi) is 5.63. The van der Waals surface area contributed by atoms with Crippen LogP contribution in [0, 0.1) is 0 Å². The highest BCUT2D eigenvalue weighted by atomic mass is 32.1. The molecule has 25 heavy (non-hydrogen) atoms. The first-order valence-corrected chi connectivity index (χ1v) is 8.73. The maximum Gasteiger partial charge on any atom is 0.256 e. The number of hydrogen-bond donors (Lipinski definition) is 1. The van der Waals surface area contributed by atoms with E-state index in [-0.39, 0.29) is 5.91 Å². The van der Waals surface area contributed by atoms with Crippen LogP contribution in [0.5, 0.6) is 5.88 Å². The van der Waals surface area contributed by atoms with Crippen molar-refractivity contribution < 1.29 is 9.53 Å². The third-order valence-corrected chi connectivity index (χ3v) is 4.16. The van der Waals surface area contributed by atoms with Gasteiger partial charge in [-0.1, -0.05) is 0 Å². The smallest absolute Gasteiger partial charge is 0.256 e. The van der Waals surface area contributed by atoms with Crippen molar-refractivity contribution in [3.63, 3.8) is 0 Å². The van der Waals surface area contributed by atoms with E-state index in [0.717, 1.165) is 10.7 Å². The van der Waals surface area contributed by atoms with E-state index in [1.807, 2.05) is 12.3 Å². The summed E-state index contributed by atoms with van der Waals surface area (Å²) in [5.74, 6) is 0.748. The van der Waals surface area contributed by atoms with Crippen LogP contribution in [0.4, 0.5) is 0 Å². The van der Waals surface area contributed by atoms with Gasteiger partial charge in [-0.3, -0.25) is 4.79 Å². The van der Waals surface area contributed by atoms with E-state index >= 15 is 0 Å². The summed E-state index contributed by atoms with van der Waals surface area (Å²) in [6.07, 6.45) is 5.60. The molecular weight excluding hydrogens is 338 g/mol. The number of carbonyl (C=O) groups excluding carboxylic acids is 1. The van der Waals surface area contributed by atoms with Gasteiger partial charge >= 0.3 is 0 Å². The van der Waals surface area contributed by atoms with Crippen LogP contribution in [-0.2, 0) is 6.42 Å². The van der Waals surface area contributed by atoms with E-state index in [2.05, 4.69) is 25.3 Å². The quantitative estimate of drug-likeness (QED) is 0.700. The molecule has 7 nitrogen and oxygen atoms in total. The van der Waals surface area contributed by atoms with Gasteiger partial charge in [0.25, 0.3) is 5.91 Å². The van der Waals surface area contributed by atoms with Gasteiger partial charge in [-0.25, -0.2) is 19.9 Å². The van der Waals surface area contributed by atoms with Crippen molar-refractivity contribution >= 4 is 17.2 Å². The summed E-state index contributed by atoms with van der Waals surface area (Å²) in [5.41, 5.74) is 1.32. The molecule has 8 heteroatoms. The molecule has 0 unspecified atom stereocenters. The van der Waals surface area contributed by atoms with Gasteiger partial charge in [-0.05, 0) is 25.1 Å². The molecule has 1 N–H and O–H groups in total. The molecule has 0 aliphatic carbocycles. The first-order chi connectivity index (χ1) is 12.3. The van der Waals surface area contributed by atoms with E-state index in [1.165, 1.54) is 11.3 Å². The lowest BCUT2D eigenvalue weighted by Gasteiger charge is -2.08. The number of aromatic nitrogens is 4. The standard InChI is InChI=1S/C17H17N5O2S/c1-2-24-16-13(5-3-7-21-16)15(23)20-10-6-12-11-25-17(22-12)14-18-8-4-9-19-14/h3-5,7-9,11H,2,6,10H2,1H3,(H,20,23). The third-order valence-electron chi connectivity index (χ3n) is 3.27. The molecule has 0 aliphatic rings. The number of ether oxygens (including phenoxy) is 1. The minimum absolute atomic E-state index is 0.210. The van der Waals surface area contributed by atoms with Crippen LogP contribution in [0.3, 0.4) is 0 Å². The number of nitrogens with one attached hydrogen (secondary N) is 1. The molecule has 0 spiro atoms. The van der Waals surface area contributed by atoms with E-state index < -0.39 is 0 Å². The number of rotatable bonds is 7. The Hall–Kier alpha value is -2.87. The Morgan fingerprint density at radius 2 is 2.00 bits per heavy atom. The first kappa shape index (κ1) is 17.0. The molecule has 0 aliphatic heterocycles. The lowest BCUT2D eigenvalue weighted by molar-refractivity contribution is 0.0949. The van der Waals surface area contributed by atoms with Gasteiger partial charge < -0.3 is 10.1 Å². The maximum absolute atomic E-state index is 12.3. The molecule has 0 radical (unpaired) electrons. The average molecular weight is 355 g/mol. The second-order valence-electron chi connectivity index (χ2n) is 5.01. The normalized spacial score (nSPS) is 10.4. The number of carbonyl (C=O) groups is 1. The van der Waals surface area contributed by atoms with Gasteiger partial charge in [0.15, 0.2) is 10.8 Å². The Labute approximate surface area is 149 Å². The molecule has 0 fully saturated rings. The fraction of sp³-hybridized carbons (Fsp3) is 0.235. The molecule has 3 aromatic rings. The van der Waals surface area contributed by atoms with Crippen LogP contribution in [0.1, 0.15) is 23.0 Å². The summed E-state index contributed by atoms with van der Waals surface area (Å²) in [7, 11) is 0. The Morgan fingerprint density at radius 1 is 1.20 bits per heavy atom. The molecule has 0 aromatic carbocycles. The predicted molar refractivity (Wildman–Crippen MR) is 94.6 cm³/mol. The summed E-state index contributed by atoms with van der Waals surface area (Å²) in [6.45, 7) is 2.78. The number of thiazole rings is 1. The van der Waals surface area contributed by atoms with Gasteiger partial charge in [-0.15, -0.1) is 11.3 Å². The average Bonchev–Trinajstić information content (AvgIpc) is 3.12. The van der Waals surface area contributed by atoms with Crippen molar-refractivity contribution in [2.75, 3.05) is 13.2 Å². The van der Waals surface area contributed by atoms with Gasteiger partial charge in [0, 0.05) is 36.9 Å². The zero-order valence-electron chi connectivity index (χ0n) is 13.7. The van der Waals surface area contributed by atoms with Crippen LogP contribution >= 0.6 is 11.3 Å². The monoisotopic (exact) mass is 355 g/mol. The second-order valence-corrected chi connectivity index (χ2v) is 5.87. The number of amides is 1. The summed E-state index contributed by atoms with van der Waals surface area (Å²) in [6, 6.07) is 5.17. The van der Waals surface area contributed by atoms with Gasteiger partial charge in [0.2, 0.25) is 5.88 Å². The lowest BCUT2D eigenvalue weighted by atomic mass is 10.2.